The Morgan fingerprint density at radius 3 is 2.81 bits per heavy atom. The molecule has 6 heteroatoms. The highest BCUT2D eigenvalue weighted by Crippen LogP contribution is 2.37. The number of hydrogen-bond acceptors (Lipinski definition) is 4. The lowest BCUT2D eigenvalue weighted by atomic mass is 10.2. The molecule has 1 aromatic carbocycles. The molecule has 0 saturated heterocycles. The Balaban J connectivity index is 1.53. The summed E-state index contributed by atoms with van der Waals surface area (Å²) in [5.74, 6) is 0.693. The minimum absolute atomic E-state index is 0.0754. The fourth-order valence-corrected chi connectivity index (χ4v) is 4.24. The number of pyridine rings is 1. The summed E-state index contributed by atoms with van der Waals surface area (Å²) >= 11 is 1.59. The number of fused-ring (bicyclic) bond motifs is 2. The van der Waals surface area contributed by atoms with Gasteiger partial charge in [-0.25, -0.2) is 9.97 Å². The number of hydrogen-bond donors (Lipinski definition) is 0. The van der Waals surface area contributed by atoms with Crippen LogP contribution < -0.4 is 5.56 Å². The molecule has 130 valence electrons. The quantitative estimate of drug-likeness (QED) is 0.407. The molecule has 0 bridgehead atoms. The Kier molecular flexibility index (Phi) is 3.60. The van der Waals surface area contributed by atoms with Gasteiger partial charge >= 0.3 is 0 Å². The van der Waals surface area contributed by atoms with Gasteiger partial charge in [0, 0.05) is 24.2 Å². The molecular weight excluding hydrogens is 344 g/mol. The molecular formula is C20H18N4OS. The van der Waals surface area contributed by atoms with E-state index in [-0.39, 0.29) is 5.56 Å². The number of imidazole rings is 1. The summed E-state index contributed by atoms with van der Waals surface area (Å²) < 4.78 is 3.93. The van der Waals surface area contributed by atoms with E-state index in [1.165, 1.54) is 0 Å². The molecule has 0 aliphatic heterocycles. The van der Waals surface area contributed by atoms with Gasteiger partial charge in [0.15, 0.2) is 5.16 Å². The maximum atomic E-state index is 12.9. The van der Waals surface area contributed by atoms with Crippen LogP contribution in [0.25, 0.3) is 16.6 Å². The fourth-order valence-electron chi connectivity index (χ4n) is 3.29. The smallest absolute Gasteiger partial charge is 0.262 e. The minimum atomic E-state index is 0.0754. The van der Waals surface area contributed by atoms with E-state index >= 15 is 0 Å². The van der Waals surface area contributed by atoms with Crippen molar-refractivity contribution in [2.24, 2.45) is 0 Å². The second kappa shape index (κ2) is 5.99. The topological polar surface area (TPSA) is 52.2 Å². The molecule has 1 saturated carbocycles. The average Bonchev–Trinajstić information content (AvgIpc) is 3.38. The van der Waals surface area contributed by atoms with Crippen LogP contribution in [0.15, 0.2) is 58.7 Å². The van der Waals surface area contributed by atoms with Crippen LogP contribution in [0, 0.1) is 6.92 Å². The number of para-hydroxylation sites is 1. The highest BCUT2D eigenvalue weighted by atomic mass is 32.2. The van der Waals surface area contributed by atoms with Gasteiger partial charge < -0.3 is 4.40 Å². The molecule has 3 heterocycles. The van der Waals surface area contributed by atoms with E-state index < -0.39 is 0 Å². The Morgan fingerprint density at radius 2 is 2.00 bits per heavy atom. The van der Waals surface area contributed by atoms with Crippen LogP contribution in [0.5, 0.6) is 0 Å². The lowest BCUT2D eigenvalue weighted by molar-refractivity contribution is 0.618. The Morgan fingerprint density at radius 1 is 1.15 bits per heavy atom. The van der Waals surface area contributed by atoms with Crippen molar-refractivity contribution in [3.8, 4) is 0 Å². The van der Waals surface area contributed by atoms with Crippen molar-refractivity contribution in [2.75, 3.05) is 0 Å². The largest absolute Gasteiger partial charge is 0.307 e. The standard InChI is InChI=1S/C20H18N4OS/c1-13-5-4-10-23-11-14(21-18(13)23)12-26-20-22-17-7-3-2-6-16(17)19(25)24(20)15-8-9-15/h2-7,10-11,15H,8-9,12H2,1H3. The number of aryl methyl sites for hydroxylation is 1. The minimum Gasteiger partial charge on any atom is -0.307 e. The summed E-state index contributed by atoms with van der Waals surface area (Å²) in [6.45, 7) is 2.06. The van der Waals surface area contributed by atoms with Crippen molar-refractivity contribution in [1.82, 2.24) is 18.9 Å². The van der Waals surface area contributed by atoms with E-state index in [2.05, 4.69) is 19.2 Å². The van der Waals surface area contributed by atoms with Crippen LogP contribution in [0.2, 0.25) is 0 Å². The Bertz CT molecular complexity index is 1190. The predicted molar refractivity (Wildman–Crippen MR) is 104 cm³/mol. The number of thioether (sulfide) groups is 1. The SMILES string of the molecule is Cc1cccn2cc(CSc3nc4ccccc4c(=O)n3C3CC3)nc12. The zero-order valence-electron chi connectivity index (χ0n) is 14.4. The van der Waals surface area contributed by atoms with Crippen LogP contribution in [0.1, 0.15) is 30.1 Å². The summed E-state index contributed by atoms with van der Waals surface area (Å²) in [4.78, 5) is 22.4. The van der Waals surface area contributed by atoms with E-state index in [0.717, 1.165) is 40.4 Å². The summed E-state index contributed by atoms with van der Waals surface area (Å²) in [6.07, 6.45) is 6.18. The molecule has 0 radical (unpaired) electrons. The van der Waals surface area contributed by atoms with Gasteiger partial charge in [-0.15, -0.1) is 0 Å². The van der Waals surface area contributed by atoms with Crippen molar-refractivity contribution in [1.29, 1.82) is 0 Å². The van der Waals surface area contributed by atoms with Crippen LogP contribution >= 0.6 is 11.8 Å². The van der Waals surface area contributed by atoms with E-state index in [0.29, 0.717) is 17.2 Å². The molecule has 0 unspecified atom stereocenters. The van der Waals surface area contributed by atoms with E-state index in [9.17, 15) is 4.79 Å². The van der Waals surface area contributed by atoms with Gasteiger partial charge in [0.25, 0.3) is 5.56 Å². The number of aromatic nitrogens is 4. The van der Waals surface area contributed by atoms with Crippen LogP contribution in [-0.2, 0) is 5.75 Å². The van der Waals surface area contributed by atoms with Crippen LogP contribution in [-0.4, -0.2) is 18.9 Å². The number of benzene rings is 1. The van der Waals surface area contributed by atoms with Gasteiger partial charge in [-0.2, -0.15) is 0 Å². The molecule has 1 aliphatic carbocycles. The Labute approximate surface area is 154 Å². The molecule has 3 aromatic heterocycles. The molecule has 0 amide bonds. The molecule has 5 nitrogen and oxygen atoms in total. The summed E-state index contributed by atoms with van der Waals surface area (Å²) in [7, 11) is 0. The van der Waals surface area contributed by atoms with E-state index in [1.807, 2.05) is 45.5 Å². The van der Waals surface area contributed by atoms with E-state index in [4.69, 9.17) is 9.97 Å². The van der Waals surface area contributed by atoms with Crippen molar-refractivity contribution in [3.05, 3.63) is 70.4 Å². The number of nitrogens with zero attached hydrogens (tertiary/aromatic N) is 4. The first-order valence-corrected chi connectivity index (χ1v) is 9.76. The first-order valence-electron chi connectivity index (χ1n) is 8.78. The third-order valence-electron chi connectivity index (χ3n) is 4.76. The lowest BCUT2D eigenvalue weighted by Gasteiger charge is -2.11. The van der Waals surface area contributed by atoms with Crippen molar-refractivity contribution in [2.45, 2.75) is 36.7 Å². The zero-order chi connectivity index (χ0) is 17.7. The molecule has 26 heavy (non-hydrogen) atoms. The lowest BCUT2D eigenvalue weighted by Crippen LogP contribution is -2.22. The second-order valence-corrected chi connectivity index (χ2v) is 7.70. The highest BCUT2D eigenvalue weighted by molar-refractivity contribution is 7.98. The van der Waals surface area contributed by atoms with Gasteiger partial charge in [0.05, 0.1) is 16.6 Å². The average molecular weight is 362 g/mol. The normalized spacial score (nSPS) is 14.3. The van der Waals surface area contributed by atoms with Crippen molar-refractivity contribution < 1.29 is 0 Å². The maximum Gasteiger partial charge on any atom is 0.262 e. The monoisotopic (exact) mass is 362 g/mol. The van der Waals surface area contributed by atoms with Crippen LogP contribution in [0.4, 0.5) is 0 Å². The number of rotatable bonds is 4. The van der Waals surface area contributed by atoms with Crippen molar-refractivity contribution >= 4 is 28.3 Å². The third-order valence-corrected chi connectivity index (χ3v) is 5.75. The van der Waals surface area contributed by atoms with E-state index in [1.54, 1.807) is 11.8 Å². The van der Waals surface area contributed by atoms with Gasteiger partial charge in [-0.3, -0.25) is 9.36 Å². The summed E-state index contributed by atoms with van der Waals surface area (Å²) in [6, 6.07) is 12.0. The van der Waals surface area contributed by atoms with Crippen LogP contribution in [0.3, 0.4) is 0 Å². The molecule has 4 aromatic rings. The highest BCUT2D eigenvalue weighted by Gasteiger charge is 2.28. The summed E-state index contributed by atoms with van der Waals surface area (Å²) in [5.41, 5.74) is 3.97. The molecule has 0 spiro atoms. The van der Waals surface area contributed by atoms with Gasteiger partial charge in [-0.05, 0) is 43.5 Å². The predicted octanol–water partition coefficient (Wildman–Crippen LogP) is 3.98. The van der Waals surface area contributed by atoms with Crippen molar-refractivity contribution in [3.63, 3.8) is 0 Å². The fraction of sp³-hybridized carbons (Fsp3) is 0.250. The first-order chi connectivity index (χ1) is 12.7. The summed E-state index contributed by atoms with van der Waals surface area (Å²) in [5, 5.41) is 1.50. The molecule has 0 atom stereocenters. The Hall–Kier alpha value is -2.60. The first kappa shape index (κ1) is 15.6. The van der Waals surface area contributed by atoms with Gasteiger partial charge in [-0.1, -0.05) is 30.0 Å². The molecule has 0 N–H and O–H groups in total. The molecule has 5 rings (SSSR count). The maximum absolute atomic E-state index is 12.9. The zero-order valence-corrected chi connectivity index (χ0v) is 15.2. The second-order valence-electron chi connectivity index (χ2n) is 6.76. The van der Waals surface area contributed by atoms with Gasteiger partial charge in [0.2, 0.25) is 0 Å². The molecule has 1 aliphatic rings. The van der Waals surface area contributed by atoms with Gasteiger partial charge in [0.1, 0.15) is 5.65 Å². The molecule has 1 fully saturated rings. The third kappa shape index (κ3) is 2.61.